The highest BCUT2D eigenvalue weighted by Crippen LogP contribution is 2.18. The molecule has 1 unspecified atom stereocenters. The standard InChI is InChI=1S/C17H30N2/c1-4-15(2)17-9-7-16(8-10-17)11-14-19(3)13-6-5-12-18/h7-10,15H,4-6,11-14,18H2,1-3H3. The molecule has 0 aliphatic heterocycles. The molecule has 0 radical (unpaired) electrons. The van der Waals surface area contributed by atoms with Crippen molar-refractivity contribution in [2.24, 2.45) is 5.73 Å². The van der Waals surface area contributed by atoms with E-state index in [2.05, 4.69) is 50.1 Å². The molecule has 0 aromatic heterocycles. The fourth-order valence-electron chi connectivity index (χ4n) is 2.21. The molecule has 0 heterocycles. The molecule has 19 heavy (non-hydrogen) atoms. The van der Waals surface area contributed by atoms with Gasteiger partial charge >= 0.3 is 0 Å². The van der Waals surface area contributed by atoms with Crippen LogP contribution in [0.1, 0.15) is 50.2 Å². The Kier molecular flexibility index (Phi) is 7.76. The predicted molar refractivity (Wildman–Crippen MR) is 84.6 cm³/mol. The predicted octanol–water partition coefficient (Wildman–Crippen LogP) is 3.41. The molecular formula is C17H30N2. The summed E-state index contributed by atoms with van der Waals surface area (Å²) in [5, 5.41) is 0. The number of hydrogen-bond acceptors (Lipinski definition) is 2. The largest absolute Gasteiger partial charge is 0.330 e. The van der Waals surface area contributed by atoms with Crippen molar-refractivity contribution in [3.05, 3.63) is 35.4 Å². The first-order chi connectivity index (χ1) is 9.17. The highest BCUT2D eigenvalue weighted by molar-refractivity contribution is 5.25. The minimum atomic E-state index is 0.674. The third-order valence-corrected chi connectivity index (χ3v) is 3.94. The molecule has 0 saturated heterocycles. The molecule has 0 fully saturated rings. The van der Waals surface area contributed by atoms with Crippen LogP contribution in [0.15, 0.2) is 24.3 Å². The van der Waals surface area contributed by atoms with E-state index in [-0.39, 0.29) is 0 Å². The first kappa shape index (κ1) is 16.2. The first-order valence-electron chi connectivity index (χ1n) is 7.64. The number of nitrogens with zero attached hydrogens (tertiary/aromatic N) is 1. The molecule has 0 aliphatic rings. The summed E-state index contributed by atoms with van der Waals surface area (Å²) in [4.78, 5) is 2.40. The fraction of sp³-hybridized carbons (Fsp3) is 0.647. The van der Waals surface area contributed by atoms with Gasteiger partial charge in [0.15, 0.2) is 0 Å². The Morgan fingerprint density at radius 1 is 1.11 bits per heavy atom. The van der Waals surface area contributed by atoms with E-state index in [1.165, 1.54) is 24.0 Å². The lowest BCUT2D eigenvalue weighted by atomic mass is 9.97. The quantitative estimate of drug-likeness (QED) is 0.691. The topological polar surface area (TPSA) is 29.3 Å². The van der Waals surface area contributed by atoms with Gasteiger partial charge in [-0.25, -0.2) is 0 Å². The van der Waals surface area contributed by atoms with Crippen LogP contribution in [0.25, 0.3) is 0 Å². The van der Waals surface area contributed by atoms with E-state index in [9.17, 15) is 0 Å². The molecule has 108 valence electrons. The van der Waals surface area contributed by atoms with Gasteiger partial charge in [-0.1, -0.05) is 38.1 Å². The monoisotopic (exact) mass is 262 g/mol. The van der Waals surface area contributed by atoms with E-state index >= 15 is 0 Å². The van der Waals surface area contributed by atoms with Crippen LogP contribution in [-0.4, -0.2) is 31.6 Å². The van der Waals surface area contributed by atoms with Crippen LogP contribution in [0.5, 0.6) is 0 Å². The summed E-state index contributed by atoms with van der Waals surface area (Å²) in [6.45, 7) is 7.63. The average Bonchev–Trinajstić information content (AvgIpc) is 2.45. The van der Waals surface area contributed by atoms with E-state index in [4.69, 9.17) is 5.73 Å². The molecule has 1 aromatic rings. The number of rotatable bonds is 9. The summed E-state index contributed by atoms with van der Waals surface area (Å²) in [6, 6.07) is 9.15. The van der Waals surface area contributed by atoms with Crippen molar-refractivity contribution in [1.82, 2.24) is 4.90 Å². The summed E-state index contributed by atoms with van der Waals surface area (Å²) in [5.41, 5.74) is 8.41. The fourth-order valence-corrected chi connectivity index (χ4v) is 2.21. The Balaban J connectivity index is 2.33. The zero-order valence-corrected chi connectivity index (χ0v) is 12.9. The average molecular weight is 262 g/mol. The maximum atomic E-state index is 5.51. The molecule has 2 heteroatoms. The Labute approximate surface area is 119 Å². The summed E-state index contributed by atoms with van der Waals surface area (Å²) in [5.74, 6) is 0.674. The lowest BCUT2D eigenvalue weighted by Crippen LogP contribution is -2.23. The van der Waals surface area contributed by atoms with Crippen LogP contribution in [0.3, 0.4) is 0 Å². The van der Waals surface area contributed by atoms with Crippen LogP contribution < -0.4 is 5.73 Å². The van der Waals surface area contributed by atoms with Crippen LogP contribution in [0.2, 0.25) is 0 Å². The number of likely N-dealkylation sites (N-methyl/N-ethyl adjacent to an activating group) is 1. The second-order valence-corrected chi connectivity index (χ2v) is 5.60. The highest BCUT2D eigenvalue weighted by atomic mass is 15.1. The van der Waals surface area contributed by atoms with E-state index < -0.39 is 0 Å². The lowest BCUT2D eigenvalue weighted by Gasteiger charge is -2.16. The maximum absolute atomic E-state index is 5.51. The van der Waals surface area contributed by atoms with E-state index in [0.717, 1.165) is 32.5 Å². The number of unbranched alkanes of at least 4 members (excludes halogenated alkanes) is 1. The molecule has 2 nitrogen and oxygen atoms in total. The van der Waals surface area contributed by atoms with E-state index in [1.54, 1.807) is 0 Å². The highest BCUT2D eigenvalue weighted by Gasteiger charge is 2.03. The minimum absolute atomic E-state index is 0.674. The third kappa shape index (κ3) is 6.22. The van der Waals surface area contributed by atoms with Crippen molar-refractivity contribution in [3.63, 3.8) is 0 Å². The van der Waals surface area contributed by atoms with E-state index in [1.807, 2.05) is 0 Å². The van der Waals surface area contributed by atoms with Gasteiger partial charge < -0.3 is 10.6 Å². The molecular weight excluding hydrogens is 232 g/mol. The second-order valence-electron chi connectivity index (χ2n) is 5.60. The summed E-state index contributed by atoms with van der Waals surface area (Å²) >= 11 is 0. The SMILES string of the molecule is CCC(C)c1ccc(CCN(C)CCCCN)cc1. The smallest absolute Gasteiger partial charge is 0.00188 e. The van der Waals surface area contributed by atoms with Gasteiger partial charge in [-0.15, -0.1) is 0 Å². The van der Waals surface area contributed by atoms with Gasteiger partial charge in [0.05, 0.1) is 0 Å². The minimum Gasteiger partial charge on any atom is -0.330 e. The number of benzene rings is 1. The maximum Gasteiger partial charge on any atom is 0.00188 e. The molecule has 0 saturated carbocycles. The van der Waals surface area contributed by atoms with Crippen LogP contribution in [-0.2, 0) is 6.42 Å². The Morgan fingerprint density at radius 2 is 1.79 bits per heavy atom. The van der Waals surface area contributed by atoms with E-state index in [0.29, 0.717) is 5.92 Å². The van der Waals surface area contributed by atoms with Crippen molar-refractivity contribution in [1.29, 1.82) is 0 Å². The van der Waals surface area contributed by atoms with Crippen molar-refractivity contribution in [2.75, 3.05) is 26.7 Å². The summed E-state index contributed by atoms with van der Waals surface area (Å²) in [6.07, 6.45) is 4.69. The van der Waals surface area contributed by atoms with Crippen molar-refractivity contribution < 1.29 is 0 Å². The van der Waals surface area contributed by atoms with Gasteiger partial charge in [0.25, 0.3) is 0 Å². The van der Waals surface area contributed by atoms with Crippen LogP contribution >= 0.6 is 0 Å². The summed E-state index contributed by atoms with van der Waals surface area (Å²) in [7, 11) is 2.20. The zero-order chi connectivity index (χ0) is 14.1. The molecule has 0 spiro atoms. The van der Waals surface area contributed by atoms with Gasteiger partial charge in [0.2, 0.25) is 0 Å². The molecule has 0 aliphatic carbocycles. The molecule has 1 rings (SSSR count). The van der Waals surface area contributed by atoms with Gasteiger partial charge in [0.1, 0.15) is 0 Å². The Bertz CT molecular complexity index is 332. The molecule has 1 atom stereocenters. The molecule has 2 N–H and O–H groups in total. The Hall–Kier alpha value is -0.860. The first-order valence-corrected chi connectivity index (χ1v) is 7.64. The van der Waals surface area contributed by atoms with Crippen molar-refractivity contribution >= 4 is 0 Å². The van der Waals surface area contributed by atoms with Gasteiger partial charge in [-0.3, -0.25) is 0 Å². The third-order valence-electron chi connectivity index (χ3n) is 3.94. The van der Waals surface area contributed by atoms with Crippen LogP contribution in [0, 0.1) is 0 Å². The second kappa shape index (κ2) is 9.11. The molecule has 0 bridgehead atoms. The molecule has 1 aromatic carbocycles. The van der Waals surface area contributed by atoms with Crippen LogP contribution in [0.4, 0.5) is 0 Å². The molecule has 0 amide bonds. The van der Waals surface area contributed by atoms with Gasteiger partial charge in [-0.05, 0) is 62.9 Å². The Morgan fingerprint density at radius 3 is 2.37 bits per heavy atom. The summed E-state index contributed by atoms with van der Waals surface area (Å²) < 4.78 is 0. The van der Waals surface area contributed by atoms with Gasteiger partial charge in [-0.2, -0.15) is 0 Å². The lowest BCUT2D eigenvalue weighted by molar-refractivity contribution is 0.331. The number of hydrogen-bond donors (Lipinski definition) is 1. The van der Waals surface area contributed by atoms with Gasteiger partial charge in [0, 0.05) is 6.54 Å². The number of nitrogens with two attached hydrogens (primary N) is 1. The zero-order valence-electron chi connectivity index (χ0n) is 12.9. The normalized spacial score (nSPS) is 12.9. The van der Waals surface area contributed by atoms with Crippen molar-refractivity contribution in [3.8, 4) is 0 Å². The van der Waals surface area contributed by atoms with Crippen molar-refractivity contribution in [2.45, 2.75) is 45.4 Å².